The molecule has 3 aromatic rings. The Bertz CT molecular complexity index is 969. The minimum atomic E-state index is -0.406. The van der Waals surface area contributed by atoms with E-state index in [0.717, 1.165) is 41.4 Å². The molecule has 0 aliphatic heterocycles. The number of ether oxygens (including phenoxy) is 1. The molecule has 0 aliphatic rings. The van der Waals surface area contributed by atoms with Gasteiger partial charge in [0.15, 0.2) is 0 Å². The van der Waals surface area contributed by atoms with Crippen LogP contribution in [0, 0.1) is 6.92 Å². The fourth-order valence-corrected chi connectivity index (χ4v) is 3.68. The van der Waals surface area contributed by atoms with E-state index in [4.69, 9.17) is 10.5 Å². The van der Waals surface area contributed by atoms with Gasteiger partial charge in [0.1, 0.15) is 5.75 Å². The van der Waals surface area contributed by atoms with E-state index in [1.807, 2.05) is 37.3 Å². The summed E-state index contributed by atoms with van der Waals surface area (Å²) >= 11 is 0. The average molecular weight is 392 g/mol. The lowest BCUT2D eigenvalue weighted by molar-refractivity contribution is 0.0999. The van der Waals surface area contributed by atoms with Crippen molar-refractivity contribution in [3.8, 4) is 17.0 Å². The fraction of sp³-hybridized carbons (Fsp3) is 0.292. The van der Waals surface area contributed by atoms with Gasteiger partial charge in [0.05, 0.1) is 12.7 Å². The summed E-state index contributed by atoms with van der Waals surface area (Å²) < 4.78 is 7.40. The molecule has 0 bridgehead atoms. The molecule has 29 heavy (non-hydrogen) atoms. The second-order valence-corrected chi connectivity index (χ2v) is 7.05. The van der Waals surface area contributed by atoms with Crippen LogP contribution in [-0.2, 0) is 6.54 Å². The third-order valence-electron chi connectivity index (χ3n) is 5.42. The lowest BCUT2D eigenvalue weighted by atomic mass is 10.1. The Labute approximate surface area is 172 Å². The Morgan fingerprint density at radius 1 is 1.03 bits per heavy atom. The van der Waals surface area contributed by atoms with E-state index in [9.17, 15) is 4.79 Å². The van der Waals surface area contributed by atoms with Crippen LogP contribution in [0.25, 0.3) is 11.3 Å². The summed E-state index contributed by atoms with van der Waals surface area (Å²) in [7, 11) is 1.66. The van der Waals surface area contributed by atoms with E-state index >= 15 is 0 Å². The quantitative estimate of drug-likeness (QED) is 0.616. The van der Waals surface area contributed by atoms with Gasteiger partial charge < -0.3 is 19.9 Å². The Balaban J connectivity index is 2.01. The summed E-state index contributed by atoms with van der Waals surface area (Å²) in [6, 6.07) is 18.3. The van der Waals surface area contributed by atoms with E-state index in [2.05, 4.69) is 47.6 Å². The molecular formula is C24H29N3O2. The third kappa shape index (κ3) is 4.29. The second kappa shape index (κ2) is 8.86. The maximum Gasteiger partial charge on any atom is 0.250 e. The zero-order chi connectivity index (χ0) is 21.0. The summed E-state index contributed by atoms with van der Waals surface area (Å²) in [6.07, 6.45) is 0. The van der Waals surface area contributed by atoms with Gasteiger partial charge in [-0.25, -0.2) is 0 Å². The molecule has 5 heteroatoms. The highest BCUT2D eigenvalue weighted by Crippen LogP contribution is 2.29. The van der Waals surface area contributed by atoms with Gasteiger partial charge in [-0.05, 0) is 62.2 Å². The van der Waals surface area contributed by atoms with Gasteiger partial charge in [-0.2, -0.15) is 0 Å². The normalized spacial score (nSPS) is 10.8. The number of aromatic nitrogens is 1. The average Bonchev–Trinajstić information content (AvgIpc) is 3.06. The molecule has 2 aromatic carbocycles. The topological polar surface area (TPSA) is 60.5 Å². The molecule has 5 nitrogen and oxygen atoms in total. The highest BCUT2D eigenvalue weighted by molar-refractivity contribution is 5.95. The fourth-order valence-electron chi connectivity index (χ4n) is 3.68. The zero-order valence-electron chi connectivity index (χ0n) is 17.6. The Hall–Kier alpha value is -3.21. The van der Waals surface area contributed by atoms with Crippen molar-refractivity contribution >= 4 is 11.6 Å². The number of amides is 1. The predicted molar refractivity (Wildman–Crippen MR) is 119 cm³/mol. The van der Waals surface area contributed by atoms with Gasteiger partial charge in [-0.1, -0.05) is 24.3 Å². The van der Waals surface area contributed by atoms with Gasteiger partial charge in [0, 0.05) is 36.7 Å². The van der Waals surface area contributed by atoms with Gasteiger partial charge in [0.2, 0.25) is 0 Å². The van der Waals surface area contributed by atoms with Gasteiger partial charge in [-0.15, -0.1) is 0 Å². The van der Waals surface area contributed by atoms with E-state index in [1.54, 1.807) is 7.11 Å². The largest absolute Gasteiger partial charge is 0.497 e. The standard InChI is InChI=1S/C24H29N3O2/c1-5-26(6-2)20-11-9-19(10-12-20)23-15-22(24(25)28)17(3)27(23)16-18-7-13-21(29-4)14-8-18/h7-15H,5-6,16H2,1-4H3,(H2,25,28). The number of hydrogen-bond donors (Lipinski definition) is 1. The van der Waals surface area contributed by atoms with Crippen molar-refractivity contribution in [1.29, 1.82) is 0 Å². The van der Waals surface area contributed by atoms with Crippen LogP contribution >= 0.6 is 0 Å². The van der Waals surface area contributed by atoms with Crippen molar-refractivity contribution in [3.63, 3.8) is 0 Å². The lowest BCUT2D eigenvalue weighted by Gasteiger charge is -2.21. The summed E-state index contributed by atoms with van der Waals surface area (Å²) in [5, 5.41) is 0. The summed E-state index contributed by atoms with van der Waals surface area (Å²) in [5.74, 6) is 0.417. The maximum atomic E-state index is 12.0. The van der Waals surface area contributed by atoms with Crippen LogP contribution in [0.2, 0.25) is 0 Å². The Kier molecular flexibility index (Phi) is 6.27. The molecule has 0 saturated carbocycles. The molecule has 2 N–H and O–H groups in total. The van der Waals surface area contributed by atoms with Crippen molar-refractivity contribution in [2.75, 3.05) is 25.1 Å². The molecule has 0 spiro atoms. The van der Waals surface area contributed by atoms with E-state index < -0.39 is 5.91 Å². The number of rotatable bonds is 8. The first-order valence-electron chi connectivity index (χ1n) is 9.96. The smallest absolute Gasteiger partial charge is 0.250 e. The van der Waals surface area contributed by atoms with Gasteiger partial charge >= 0.3 is 0 Å². The first-order chi connectivity index (χ1) is 14.0. The molecule has 1 heterocycles. The van der Waals surface area contributed by atoms with Crippen molar-refractivity contribution in [2.45, 2.75) is 27.3 Å². The van der Waals surface area contributed by atoms with Crippen molar-refractivity contribution < 1.29 is 9.53 Å². The number of nitrogens with two attached hydrogens (primary N) is 1. The second-order valence-electron chi connectivity index (χ2n) is 7.05. The SMILES string of the molecule is CCN(CC)c1ccc(-c2cc(C(N)=O)c(C)n2Cc2ccc(OC)cc2)cc1. The molecule has 1 aromatic heterocycles. The third-order valence-corrected chi connectivity index (χ3v) is 5.42. The van der Waals surface area contributed by atoms with Crippen LogP contribution in [0.5, 0.6) is 5.75 Å². The first-order valence-corrected chi connectivity index (χ1v) is 9.96. The predicted octanol–water partition coefficient (Wildman–Crippen LogP) is 4.47. The minimum absolute atomic E-state index is 0.406. The molecule has 0 fully saturated rings. The molecule has 0 atom stereocenters. The van der Waals surface area contributed by atoms with Crippen LogP contribution in [-0.4, -0.2) is 30.7 Å². The maximum absolute atomic E-state index is 12.0. The summed E-state index contributed by atoms with van der Waals surface area (Å²) in [6.45, 7) is 8.83. The van der Waals surface area contributed by atoms with Crippen molar-refractivity contribution in [1.82, 2.24) is 4.57 Å². The molecule has 1 amide bonds. The number of primary amides is 1. The molecule has 0 aliphatic carbocycles. The number of anilines is 1. The number of benzene rings is 2. The van der Waals surface area contributed by atoms with Crippen LogP contribution in [0.4, 0.5) is 5.69 Å². The highest BCUT2D eigenvalue weighted by atomic mass is 16.5. The molecular weight excluding hydrogens is 362 g/mol. The number of carbonyl (C=O) groups excluding carboxylic acids is 1. The monoisotopic (exact) mass is 391 g/mol. The molecule has 3 rings (SSSR count). The Morgan fingerprint density at radius 2 is 1.66 bits per heavy atom. The van der Waals surface area contributed by atoms with E-state index in [0.29, 0.717) is 12.1 Å². The van der Waals surface area contributed by atoms with Gasteiger partial charge in [-0.3, -0.25) is 4.79 Å². The first kappa shape index (κ1) is 20.5. The van der Waals surface area contributed by atoms with Gasteiger partial charge in [0.25, 0.3) is 5.91 Å². The number of nitrogens with zero attached hydrogens (tertiary/aromatic N) is 2. The Morgan fingerprint density at radius 3 is 2.17 bits per heavy atom. The minimum Gasteiger partial charge on any atom is -0.497 e. The summed E-state index contributed by atoms with van der Waals surface area (Å²) in [5.41, 5.74) is 11.4. The lowest BCUT2D eigenvalue weighted by Crippen LogP contribution is -2.21. The zero-order valence-corrected chi connectivity index (χ0v) is 17.6. The van der Waals surface area contributed by atoms with Crippen LogP contribution in [0.15, 0.2) is 54.6 Å². The molecule has 0 radical (unpaired) electrons. The molecule has 0 saturated heterocycles. The van der Waals surface area contributed by atoms with Crippen LogP contribution in [0.1, 0.15) is 35.5 Å². The van der Waals surface area contributed by atoms with Crippen LogP contribution in [0.3, 0.4) is 0 Å². The van der Waals surface area contributed by atoms with Crippen molar-refractivity contribution in [3.05, 3.63) is 71.4 Å². The summed E-state index contributed by atoms with van der Waals surface area (Å²) in [4.78, 5) is 14.3. The number of methoxy groups -OCH3 is 1. The van der Waals surface area contributed by atoms with Crippen molar-refractivity contribution in [2.24, 2.45) is 5.73 Å². The molecule has 152 valence electrons. The van der Waals surface area contributed by atoms with E-state index in [-0.39, 0.29) is 0 Å². The highest BCUT2D eigenvalue weighted by Gasteiger charge is 2.17. The molecule has 0 unspecified atom stereocenters. The number of hydrogen-bond acceptors (Lipinski definition) is 3. The van der Waals surface area contributed by atoms with E-state index in [1.165, 1.54) is 5.69 Å². The number of carbonyl (C=O) groups is 1. The van der Waals surface area contributed by atoms with Crippen LogP contribution < -0.4 is 15.4 Å².